The first kappa shape index (κ1) is 44.7. The standard InChI is InChI=1S/C37H71N2O6P/c1-6-8-9-10-11-12-13-14-15-16-17-18-19-20-21-22-23-24-25-26-27-28-29-30-31-36(40)35(38-37(41)7-2)34-45-46(42,43)44-33-32-39(3,4)5/h22-23,26-27,30-31,35-36,40H,6-21,24-25,28-29,32-34H2,1-5H3,(H-,38,41,42,43)/p+1/b23-22+,27-26+,31-30+. The van der Waals surface area contributed by atoms with Crippen LogP contribution in [0.15, 0.2) is 36.5 Å². The van der Waals surface area contributed by atoms with Gasteiger partial charge in [0.1, 0.15) is 13.2 Å². The number of hydrogen-bond donors (Lipinski definition) is 3. The number of unbranched alkanes of at least 4 members (excludes halogenated alkanes) is 16. The minimum Gasteiger partial charge on any atom is -0.387 e. The van der Waals surface area contributed by atoms with Gasteiger partial charge in [0, 0.05) is 6.42 Å². The fourth-order valence-corrected chi connectivity index (χ4v) is 5.59. The number of carbonyl (C=O) groups is 1. The zero-order chi connectivity index (χ0) is 34.4. The molecule has 3 unspecified atom stereocenters. The van der Waals surface area contributed by atoms with Crippen molar-refractivity contribution in [2.45, 2.75) is 154 Å². The molecule has 0 aliphatic rings. The van der Waals surface area contributed by atoms with E-state index in [1.54, 1.807) is 13.0 Å². The van der Waals surface area contributed by atoms with Gasteiger partial charge in [-0.3, -0.25) is 13.8 Å². The van der Waals surface area contributed by atoms with Gasteiger partial charge in [0.15, 0.2) is 0 Å². The smallest absolute Gasteiger partial charge is 0.387 e. The Morgan fingerprint density at radius 2 is 1.17 bits per heavy atom. The lowest BCUT2D eigenvalue weighted by Crippen LogP contribution is -2.45. The number of phosphoric ester groups is 1. The highest BCUT2D eigenvalue weighted by molar-refractivity contribution is 7.47. The van der Waals surface area contributed by atoms with E-state index >= 15 is 0 Å². The second-order valence-corrected chi connectivity index (χ2v) is 15.0. The molecule has 0 aliphatic carbocycles. The van der Waals surface area contributed by atoms with E-state index in [1.807, 2.05) is 27.2 Å². The van der Waals surface area contributed by atoms with Crippen LogP contribution in [0.2, 0.25) is 0 Å². The molecule has 3 N–H and O–H groups in total. The monoisotopic (exact) mass is 672 g/mol. The van der Waals surface area contributed by atoms with E-state index in [9.17, 15) is 19.4 Å². The Bertz CT molecular complexity index is 855. The van der Waals surface area contributed by atoms with Crippen LogP contribution in [-0.4, -0.2) is 73.4 Å². The summed E-state index contributed by atoms with van der Waals surface area (Å²) in [6, 6.07) is -0.863. The molecule has 9 heteroatoms. The van der Waals surface area contributed by atoms with Gasteiger partial charge in [-0.2, -0.15) is 0 Å². The molecule has 1 amide bonds. The van der Waals surface area contributed by atoms with E-state index in [-0.39, 0.29) is 25.5 Å². The first-order valence-corrected chi connectivity index (χ1v) is 19.9. The largest absolute Gasteiger partial charge is 0.472 e. The quantitative estimate of drug-likeness (QED) is 0.0285. The summed E-state index contributed by atoms with van der Waals surface area (Å²) in [5.74, 6) is -0.281. The van der Waals surface area contributed by atoms with Crippen LogP contribution in [0, 0.1) is 0 Å². The van der Waals surface area contributed by atoms with Crippen molar-refractivity contribution in [3.63, 3.8) is 0 Å². The molecule has 3 atom stereocenters. The summed E-state index contributed by atoms with van der Waals surface area (Å²) in [6.07, 6.45) is 35.9. The van der Waals surface area contributed by atoms with E-state index < -0.39 is 20.0 Å². The number of amides is 1. The fraction of sp³-hybridized carbons (Fsp3) is 0.811. The Balaban J connectivity index is 3.98. The predicted molar refractivity (Wildman–Crippen MR) is 194 cm³/mol. The first-order chi connectivity index (χ1) is 22.0. The zero-order valence-electron chi connectivity index (χ0n) is 30.3. The maximum absolute atomic E-state index is 12.2. The van der Waals surface area contributed by atoms with Crippen LogP contribution in [0.3, 0.4) is 0 Å². The molecule has 0 fully saturated rings. The fourth-order valence-electron chi connectivity index (χ4n) is 4.86. The second kappa shape index (κ2) is 29.8. The van der Waals surface area contributed by atoms with Crippen molar-refractivity contribution in [3.8, 4) is 0 Å². The van der Waals surface area contributed by atoms with Crippen molar-refractivity contribution >= 4 is 13.7 Å². The summed E-state index contributed by atoms with van der Waals surface area (Å²) >= 11 is 0. The average Bonchev–Trinajstić information content (AvgIpc) is 3.00. The molecule has 0 bridgehead atoms. The Labute approximate surface area is 283 Å². The van der Waals surface area contributed by atoms with Crippen LogP contribution in [0.25, 0.3) is 0 Å². The van der Waals surface area contributed by atoms with Crippen molar-refractivity contribution < 1.29 is 32.9 Å². The number of aliphatic hydroxyl groups excluding tert-OH is 1. The van der Waals surface area contributed by atoms with Gasteiger partial charge < -0.3 is 19.8 Å². The molecule has 0 aromatic heterocycles. The summed E-state index contributed by atoms with van der Waals surface area (Å²) < 4.78 is 22.9. The van der Waals surface area contributed by atoms with Gasteiger partial charge in [0.2, 0.25) is 5.91 Å². The number of phosphoric acid groups is 1. The minimum atomic E-state index is -4.31. The molecule has 270 valence electrons. The number of rotatable bonds is 32. The number of likely N-dealkylation sites (N-methyl/N-ethyl adjacent to an activating group) is 1. The highest BCUT2D eigenvalue weighted by Crippen LogP contribution is 2.43. The number of quaternary nitrogens is 1. The van der Waals surface area contributed by atoms with Crippen molar-refractivity contribution in [3.05, 3.63) is 36.5 Å². The lowest BCUT2D eigenvalue weighted by molar-refractivity contribution is -0.870. The summed E-state index contributed by atoms with van der Waals surface area (Å²) in [6.45, 7) is 4.21. The molecule has 0 saturated carbocycles. The molecule has 46 heavy (non-hydrogen) atoms. The van der Waals surface area contributed by atoms with Crippen LogP contribution >= 0.6 is 7.82 Å². The highest BCUT2D eigenvalue weighted by atomic mass is 31.2. The molecule has 0 aromatic rings. The third-order valence-corrected chi connectivity index (χ3v) is 8.89. The second-order valence-electron chi connectivity index (χ2n) is 13.5. The van der Waals surface area contributed by atoms with Gasteiger partial charge in [0.25, 0.3) is 0 Å². The van der Waals surface area contributed by atoms with E-state index in [0.717, 1.165) is 25.7 Å². The van der Waals surface area contributed by atoms with Crippen molar-refractivity contribution in [2.75, 3.05) is 40.9 Å². The average molecular weight is 672 g/mol. The van der Waals surface area contributed by atoms with Gasteiger partial charge in [0.05, 0.1) is 39.9 Å². The SMILES string of the molecule is CCCCCCCCCCCCCCCC/C=C/CC/C=C/CC/C=C/C(O)C(COP(=O)(O)OCC[N+](C)(C)C)NC(=O)CC. The van der Waals surface area contributed by atoms with Crippen molar-refractivity contribution in [2.24, 2.45) is 0 Å². The predicted octanol–water partition coefficient (Wildman–Crippen LogP) is 9.18. The van der Waals surface area contributed by atoms with Crippen molar-refractivity contribution in [1.29, 1.82) is 0 Å². The molecule has 0 heterocycles. The number of carbonyl (C=O) groups excluding carboxylic acids is 1. The molecule has 0 aliphatic heterocycles. The normalized spacial score (nSPS) is 15.2. The van der Waals surface area contributed by atoms with Crippen molar-refractivity contribution in [1.82, 2.24) is 5.32 Å². The summed E-state index contributed by atoms with van der Waals surface area (Å²) in [7, 11) is 1.53. The Kier molecular flexibility index (Phi) is 29.0. The zero-order valence-corrected chi connectivity index (χ0v) is 31.2. The van der Waals surface area contributed by atoms with Gasteiger partial charge in [-0.15, -0.1) is 0 Å². The molecule has 0 saturated heterocycles. The lowest BCUT2D eigenvalue weighted by Gasteiger charge is -2.25. The third-order valence-electron chi connectivity index (χ3n) is 7.90. The Hall–Kier alpha value is -1.28. The number of aliphatic hydroxyl groups is 1. The van der Waals surface area contributed by atoms with E-state index in [2.05, 4.69) is 36.5 Å². The van der Waals surface area contributed by atoms with Crippen LogP contribution in [0.1, 0.15) is 142 Å². The number of allylic oxidation sites excluding steroid dienone is 5. The molecule has 0 aromatic carbocycles. The van der Waals surface area contributed by atoms with Crippen LogP contribution in [0.5, 0.6) is 0 Å². The van der Waals surface area contributed by atoms with Crippen LogP contribution < -0.4 is 5.32 Å². The Morgan fingerprint density at radius 3 is 1.65 bits per heavy atom. The Morgan fingerprint density at radius 1 is 0.717 bits per heavy atom. The van der Waals surface area contributed by atoms with E-state index in [0.29, 0.717) is 11.0 Å². The summed E-state index contributed by atoms with van der Waals surface area (Å²) in [4.78, 5) is 21.9. The van der Waals surface area contributed by atoms with Crippen LogP contribution in [-0.2, 0) is 18.4 Å². The van der Waals surface area contributed by atoms with Gasteiger partial charge in [-0.1, -0.05) is 134 Å². The maximum Gasteiger partial charge on any atom is 0.472 e. The minimum absolute atomic E-state index is 0.0507. The number of nitrogens with zero attached hydrogens (tertiary/aromatic N) is 1. The molecule has 0 rings (SSSR count). The molecular formula is C37H72N2O6P+. The molecule has 0 radical (unpaired) electrons. The highest BCUT2D eigenvalue weighted by Gasteiger charge is 2.27. The van der Waals surface area contributed by atoms with Gasteiger partial charge >= 0.3 is 7.82 Å². The third kappa shape index (κ3) is 31.3. The number of hydrogen-bond acceptors (Lipinski definition) is 5. The summed E-state index contributed by atoms with van der Waals surface area (Å²) in [5, 5.41) is 13.2. The lowest BCUT2D eigenvalue weighted by atomic mass is 10.0. The van der Waals surface area contributed by atoms with Gasteiger partial charge in [-0.05, 0) is 38.5 Å². The summed E-state index contributed by atoms with van der Waals surface area (Å²) in [5.41, 5.74) is 0. The van der Waals surface area contributed by atoms with Crippen LogP contribution in [0.4, 0.5) is 0 Å². The maximum atomic E-state index is 12.2. The van der Waals surface area contributed by atoms with E-state index in [4.69, 9.17) is 9.05 Å². The molecule has 8 nitrogen and oxygen atoms in total. The first-order valence-electron chi connectivity index (χ1n) is 18.4. The molecular weight excluding hydrogens is 599 g/mol. The molecule has 0 spiro atoms. The topological polar surface area (TPSA) is 105 Å². The van der Waals surface area contributed by atoms with Gasteiger partial charge in [-0.25, -0.2) is 4.57 Å². The number of nitrogens with one attached hydrogen (secondary N) is 1. The van der Waals surface area contributed by atoms with E-state index in [1.165, 1.54) is 96.3 Å².